The summed E-state index contributed by atoms with van der Waals surface area (Å²) in [7, 11) is 3.22. The number of fused-ring (bicyclic) bond motifs is 2. The van der Waals surface area contributed by atoms with Gasteiger partial charge in [0.25, 0.3) is 0 Å². The van der Waals surface area contributed by atoms with Crippen molar-refractivity contribution in [3.05, 3.63) is 72.4 Å². The van der Waals surface area contributed by atoms with Crippen molar-refractivity contribution in [3.8, 4) is 28.7 Å². The van der Waals surface area contributed by atoms with E-state index in [0.29, 0.717) is 29.6 Å². The van der Waals surface area contributed by atoms with Crippen LogP contribution in [0.25, 0.3) is 10.9 Å². The topological polar surface area (TPSA) is 53.0 Å². The van der Waals surface area contributed by atoms with Crippen LogP contribution in [0.1, 0.15) is 5.56 Å². The molecule has 0 amide bonds. The highest BCUT2D eigenvalue weighted by Gasteiger charge is 2.21. The van der Waals surface area contributed by atoms with E-state index in [1.165, 1.54) is 11.3 Å². The maximum Gasteiger partial charge on any atom is 0.162 e. The van der Waals surface area contributed by atoms with Crippen LogP contribution < -0.4 is 23.8 Å². The summed E-state index contributed by atoms with van der Waals surface area (Å²) in [5.74, 6) is 3.43. The van der Waals surface area contributed by atoms with Crippen LogP contribution in [0.3, 0.4) is 0 Å². The van der Waals surface area contributed by atoms with Gasteiger partial charge in [-0.05, 0) is 42.8 Å². The Bertz CT molecular complexity index is 1290. The molecule has 0 atom stereocenters. The smallest absolute Gasteiger partial charge is 0.162 e. The first-order valence-electron chi connectivity index (χ1n) is 10.5. The maximum absolute atomic E-state index is 6.26. The van der Waals surface area contributed by atoms with E-state index in [1.807, 2.05) is 36.4 Å². The standard InChI is InChI=1S/C26H24N2O4/c1-17-6-4-5-7-21(17)28-12-13-31-24-14-18(8-9-22(24)28)32-23-10-11-27-20-16-26(30-3)25(29-2)15-19(20)23/h4-11,14-16H,12-13H2,1-3H3. The predicted molar refractivity (Wildman–Crippen MR) is 125 cm³/mol. The fourth-order valence-electron chi connectivity index (χ4n) is 4.04. The summed E-state index contributed by atoms with van der Waals surface area (Å²) in [6.07, 6.45) is 1.72. The van der Waals surface area contributed by atoms with E-state index in [0.717, 1.165) is 28.9 Å². The molecule has 32 heavy (non-hydrogen) atoms. The Morgan fingerprint density at radius 2 is 1.69 bits per heavy atom. The third kappa shape index (κ3) is 3.54. The molecule has 0 saturated heterocycles. The normalized spacial score (nSPS) is 12.8. The first kappa shape index (κ1) is 20.0. The Hall–Kier alpha value is -3.93. The molecule has 6 heteroatoms. The number of para-hydroxylation sites is 1. The van der Waals surface area contributed by atoms with E-state index in [2.05, 4.69) is 41.1 Å². The summed E-state index contributed by atoms with van der Waals surface area (Å²) in [6.45, 7) is 3.54. The zero-order chi connectivity index (χ0) is 22.1. The molecule has 0 spiro atoms. The monoisotopic (exact) mass is 428 g/mol. The first-order chi connectivity index (χ1) is 15.7. The molecule has 2 heterocycles. The molecule has 0 saturated carbocycles. The Morgan fingerprint density at radius 1 is 0.875 bits per heavy atom. The largest absolute Gasteiger partial charge is 0.493 e. The van der Waals surface area contributed by atoms with Crippen LogP contribution >= 0.6 is 0 Å². The molecule has 0 aliphatic carbocycles. The van der Waals surface area contributed by atoms with E-state index in [4.69, 9.17) is 18.9 Å². The lowest BCUT2D eigenvalue weighted by atomic mass is 10.1. The number of aryl methyl sites for hydroxylation is 1. The van der Waals surface area contributed by atoms with Crippen molar-refractivity contribution in [1.82, 2.24) is 4.98 Å². The summed E-state index contributed by atoms with van der Waals surface area (Å²) in [5.41, 5.74) is 4.21. The molecule has 0 N–H and O–H groups in total. The number of pyridine rings is 1. The summed E-state index contributed by atoms with van der Waals surface area (Å²) < 4.78 is 23.1. The van der Waals surface area contributed by atoms with Crippen molar-refractivity contribution in [2.45, 2.75) is 6.92 Å². The number of aromatic nitrogens is 1. The molecule has 0 unspecified atom stereocenters. The van der Waals surface area contributed by atoms with E-state index in [-0.39, 0.29) is 0 Å². The zero-order valence-corrected chi connectivity index (χ0v) is 18.3. The third-order valence-corrected chi connectivity index (χ3v) is 5.64. The van der Waals surface area contributed by atoms with Gasteiger partial charge in [0, 0.05) is 29.4 Å². The number of hydrogen-bond acceptors (Lipinski definition) is 6. The molecular formula is C26H24N2O4. The van der Waals surface area contributed by atoms with Gasteiger partial charge < -0.3 is 23.8 Å². The molecule has 1 aromatic heterocycles. The molecule has 5 rings (SSSR count). The molecule has 162 valence electrons. The van der Waals surface area contributed by atoms with Crippen molar-refractivity contribution in [3.63, 3.8) is 0 Å². The predicted octanol–water partition coefficient (Wildman–Crippen LogP) is 5.88. The van der Waals surface area contributed by atoms with Crippen LogP contribution in [0.5, 0.6) is 28.7 Å². The van der Waals surface area contributed by atoms with Gasteiger partial charge in [-0.15, -0.1) is 0 Å². The number of nitrogens with zero attached hydrogens (tertiary/aromatic N) is 2. The van der Waals surface area contributed by atoms with Gasteiger partial charge in [0.05, 0.1) is 32.0 Å². The highest BCUT2D eigenvalue weighted by Crippen LogP contribution is 2.42. The molecule has 1 aliphatic rings. The minimum atomic E-state index is 0.611. The number of hydrogen-bond donors (Lipinski definition) is 0. The van der Waals surface area contributed by atoms with Crippen molar-refractivity contribution < 1.29 is 18.9 Å². The number of anilines is 2. The van der Waals surface area contributed by atoms with Crippen LogP contribution in [0.15, 0.2) is 66.9 Å². The Labute approximate surface area is 186 Å². The van der Waals surface area contributed by atoms with Gasteiger partial charge in [0.15, 0.2) is 11.5 Å². The van der Waals surface area contributed by atoms with Gasteiger partial charge in [-0.1, -0.05) is 18.2 Å². The fraction of sp³-hybridized carbons (Fsp3) is 0.192. The highest BCUT2D eigenvalue weighted by molar-refractivity contribution is 5.88. The van der Waals surface area contributed by atoms with Gasteiger partial charge >= 0.3 is 0 Å². The first-order valence-corrected chi connectivity index (χ1v) is 10.5. The molecule has 0 fully saturated rings. The second kappa shape index (κ2) is 8.30. The minimum Gasteiger partial charge on any atom is -0.493 e. The highest BCUT2D eigenvalue weighted by atomic mass is 16.5. The second-order valence-corrected chi connectivity index (χ2v) is 7.55. The number of methoxy groups -OCH3 is 2. The van der Waals surface area contributed by atoms with Crippen LogP contribution in [-0.2, 0) is 0 Å². The quantitative estimate of drug-likeness (QED) is 0.395. The van der Waals surface area contributed by atoms with E-state index < -0.39 is 0 Å². The molecule has 4 aromatic rings. The SMILES string of the molecule is COc1cc2nccc(Oc3ccc4c(c3)OCCN4c3ccccc3C)c2cc1OC. The lowest BCUT2D eigenvalue weighted by molar-refractivity contribution is 0.312. The summed E-state index contributed by atoms with van der Waals surface area (Å²) in [5, 5.41) is 0.838. The maximum atomic E-state index is 6.26. The average molecular weight is 428 g/mol. The molecule has 3 aromatic carbocycles. The van der Waals surface area contributed by atoms with Crippen LogP contribution in [-0.4, -0.2) is 32.4 Å². The van der Waals surface area contributed by atoms with Crippen LogP contribution in [0, 0.1) is 6.92 Å². The number of rotatable bonds is 5. The Morgan fingerprint density at radius 3 is 2.50 bits per heavy atom. The van der Waals surface area contributed by atoms with Gasteiger partial charge in [-0.25, -0.2) is 0 Å². The average Bonchev–Trinajstić information content (AvgIpc) is 2.83. The number of ether oxygens (including phenoxy) is 4. The van der Waals surface area contributed by atoms with Crippen LogP contribution in [0.4, 0.5) is 11.4 Å². The molecule has 0 bridgehead atoms. The lowest BCUT2D eigenvalue weighted by Gasteiger charge is -2.32. The van der Waals surface area contributed by atoms with Gasteiger partial charge in [-0.3, -0.25) is 4.98 Å². The molecule has 0 radical (unpaired) electrons. The lowest BCUT2D eigenvalue weighted by Crippen LogP contribution is -2.29. The van der Waals surface area contributed by atoms with E-state index >= 15 is 0 Å². The van der Waals surface area contributed by atoms with Gasteiger partial charge in [-0.2, -0.15) is 0 Å². The fourth-order valence-corrected chi connectivity index (χ4v) is 4.04. The van der Waals surface area contributed by atoms with Crippen molar-refractivity contribution in [2.75, 3.05) is 32.3 Å². The summed E-state index contributed by atoms with van der Waals surface area (Å²) >= 11 is 0. The second-order valence-electron chi connectivity index (χ2n) is 7.55. The minimum absolute atomic E-state index is 0.611. The van der Waals surface area contributed by atoms with Crippen molar-refractivity contribution in [1.29, 1.82) is 0 Å². The Kier molecular flexibility index (Phi) is 5.19. The van der Waals surface area contributed by atoms with Crippen LogP contribution in [0.2, 0.25) is 0 Å². The van der Waals surface area contributed by atoms with Gasteiger partial charge in [0.2, 0.25) is 0 Å². The third-order valence-electron chi connectivity index (χ3n) is 5.64. The summed E-state index contributed by atoms with van der Waals surface area (Å²) in [4.78, 5) is 6.73. The summed E-state index contributed by atoms with van der Waals surface area (Å²) in [6, 6.07) is 19.9. The van der Waals surface area contributed by atoms with Crippen molar-refractivity contribution >= 4 is 22.3 Å². The molecular weight excluding hydrogens is 404 g/mol. The molecule has 1 aliphatic heterocycles. The van der Waals surface area contributed by atoms with E-state index in [1.54, 1.807) is 20.4 Å². The number of benzene rings is 3. The Balaban J connectivity index is 1.50. The van der Waals surface area contributed by atoms with E-state index in [9.17, 15) is 0 Å². The van der Waals surface area contributed by atoms with Crippen molar-refractivity contribution in [2.24, 2.45) is 0 Å². The zero-order valence-electron chi connectivity index (χ0n) is 18.3. The van der Waals surface area contributed by atoms with Gasteiger partial charge in [0.1, 0.15) is 23.9 Å². The molecule has 6 nitrogen and oxygen atoms in total.